The van der Waals surface area contributed by atoms with E-state index in [1.54, 1.807) is 0 Å². The van der Waals surface area contributed by atoms with E-state index < -0.39 is 42.4 Å². The van der Waals surface area contributed by atoms with Gasteiger partial charge in [0.1, 0.15) is 29.9 Å². The Morgan fingerprint density at radius 1 is 1.16 bits per heavy atom. The smallest absolute Gasteiger partial charge is 0.303 e. The first-order valence-corrected chi connectivity index (χ1v) is 9.64. The molecule has 0 bridgehead atoms. The predicted molar refractivity (Wildman–Crippen MR) is 104 cm³/mol. The zero-order valence-electron chi connectivity index (χ0n) is 16.5. The summed E-state index contributed by atoms with van der Waals surface area (Å²) >= 11 is 12.3. The van der Waals surface area contributed by atoms with Gasteiger partial charge in [-0.3, -0.25) is 19.0 Å². The van der Waals surface area contributed by atoms with Crippen molar-refractivity contribution in [1.29, 1.82) is 5.26 Å². The zero-order chi connectivity index (χ0) is 22.9. The van der Waals surface area contributed by atoms with Gasteiger partial charge in [0.15, 0.2) is 29.2 Å². The normalized spacial score (nSPS) is 22.7. The molecule has 2 aromatic heterocycles. The van der Waals surface area contributed by atoms with Gasteiger partial charge in [-0.05, 0) is 0 Å². The lowest BCUT2D eigenvalue weighted by atomic mass is 10.1. The number of nitriles is 1. The van der Waals surface area contributed by atoms with E-state index in [0.717, 1.165) is 0 Å². The van der Waals surface area contributed by atoms with E-state index in [2.05, 4.69) is 9.97 Å². The SMILES string of the molecule is CC(=O)OC[C@H]1O[C@@H](n2cnc3c(Cl)c(C#N)c(Cl)nc32)[C@H](OC(C)=O)[C@@H]1OC(C)=O. The second-order valence-corrected chi connectivity index (χ2v) is 7.28. The van der Waals surface area contributed by atoms with Crippen molar-refractivity contribution in [2.75, 3.05) is 6.61 Å². The fourth-order valence-corrected chi connectivity index (χ4v) is 3.71. The average molecular weight is 471 g/mol. The first-order valence-electron chi connectivity index (χ1n) is 8.89. The largest absolute Gasteiger partial charge is 0.463 e. The number of carbonyl (C=O) groups is 3. The fraction of sp³-hybridized carbons (Fsp3) is 0.444. The lowest BCUT2D eigenvalue weighted by Gasteiger charge is -2.23. The Kier molecular flexibility index (Phi) is 6.64. The Balaban J connectivity index is 2.09. The molecule has 0 amide bonds. The molecule has 0 spiro atoms. The monoisotopic (exact) mass is 470 g/mol. The number of ether oxygens (including phenoxy) is 4. The van der Waals surface area contributed by atoms with Crippen LogP contribution in [0, 0.1) is 11.3 Å². The Morgan fingerprint density at radius 3 is 2.39 bits per heavy atom. The van der Waals surface area contributed by atoms with Gasteiger partial charge in [-0.2, -0.15) is 5.26 Å². The Hall–Kier alpha value is -2.94. The third-order valence-electron chi connectivity index (χ3n) is 4.33. The van der Waals surface area contributed by atoms with Crippen LogP contribution >= 0.6 is 23.2 Å². The van der Waals surface area contributed by atoms with Crippen molar-refractivity contribution >= 4 is 52.3 Å². The molecule has 164 valence electrons. The molecule has 0 radical (unpaired) electrons. The van der Waals surface area contributed by atoms with Crippen molar-refractivity contribution in [2.24, 2.45) is 0 Å². The van der Waals surface area contributed by atoms with Gasteiger partial charge < -0.3 is 18.9 Å². The van der Waals surface area contributed by atoms with E-state index in [0.29, 0.717) is 0 Å². The molecule has 0 aliphatic carbocycles. The highest BCUT2D eigenvalue weighted by atomic mass is 35.5. The number of rotatable bonds is 5. The zero-order valence-corrected chi connectivity index (χ0v) is 18.0. The quantitative estimate of drug-likeness (QED) is 0.361. The van der Waals surface area contributed by atoms with Gasteiger partial charge in [0.05, 0.1) is 11.3 Å². The molecule has 4 atom stereocenters. The van der Waals surface area contributed by atoms with Gasteiger partial charge in [0.25, 0.3) is 0 Å². The van der Waals surface area contributed by atoms with E-state index in [-0.39, 0.29) is 33.5 Å². The van der Waals surface area contributed by atoms with Gasteiger partial charge in [-0.1, -0.05) is 23.2 Å². The second-order valence-electron chi connectivity index (χ2n) is 6.54. The molecule has 0 unspecified atom stereocenters. The van der Waals surface area contributed by atoms with Crippen molar-refractivity contribution in [2.45, 2.75) is 45.3 Å². The highest BCUT2D eigenvalue weighted by Crippen LogP contribution is 2.38. The van der Waals surface area contributed by atoms with Crippen LogP contribution in [0.2, 0.25) is 10.2 Å². The average Bonchev–Trinajstić information content (AvgIpc) is 3.22. The number of hydrogen-bond acceptors (Lipinski definition) is 10. The predicted octanol–water partition coefficient (Wildman–Crippen LogP) is 1.93. The maximum Gasteiger partial charge on any atom is 0.303 e. The Labute approximate surface area is 185 Å². The molecule has 1 aliphatic heterocycles. The lowest BCUT2D eigenvalue weighted by molar-refractivity contribution is -0.166. The number of hydrogen-bond donors (Lipinski definition) is 0. The van der Waals surface area contributed by atoms with Crippen molar-refractivity contribution in [3.63, 3.8) is 0 Å². The molecule has 0 aromatic carbocycles. The van der Waals surface area contributed by atoms with Crippen molar-refractivity contribution < 1.29 is 33.3 Å². The number of halogens is 2. The number of carbonyl (C=O) groups excluding carboxylic acids is 3. The molecule has 1 fully saturated rings. The number of imidazole rings is 1. The molecule has 11 nitrogen and oxygen atoms in total. The summed E-state index contributed by atoms with van der Waals surface area (Å²) in [5, 5.41) is 9.05. The van der Waals surface area contributed by atoms with Crippen molar-refractivity contribution in [3.05, 3.63) is 22.1 Å². The highest BCUT2D eigenvalue weighted by molar-refractivity contribution is 6.39. The third-order valence-corrected chi connectivity index (χ3v) is 4.97. The molecule has 1 aliphatic rings. The van der Waals surface area contributed by atoms with Crippen LogP contribution < -0.4 is 0 Å². The molecule has 3 heterocycles. The van der Waals surface area contributed by atoms with Crippen molar-refractivity contribution in [3.8, 4) is 6.07 Å². The van der Waals surface area contributed by atoms with Crippen LogP contribution in [-0.4, -0.2) is 57.4 Å². The lowest BCUT2D eigenvalue weighted by Crippen LogP contribution is -2.40. The number of nitrogens with zero attached hydrogens (tertiary/aromatic N) is 4. The van der Waals surface area contributed by atoms with E-state index in [4.69, 9.17) is 42.1 Å². The van der Waals surface area contributed by atoms with Crippen LogP contribution in [0.25, 0.3) is 11.2 Å². The minimum atomic E-state index is -1.13. The van der Waals surface area contributed by atoms with Crippen LogP contribution in [0.3, 0.4) is 0 Å². The van der Waals surface area contributed by atoms with Gasteiger partial charge >= 0.3 is 17.9 Å². The number of aromatic nitrogens is 3. The van der Waals surface area contributed by atoms with Crippen LogP contribution in [0.4, 0.5) is 0 Å². The summed E-state index contributed by atoms with van der Waals surface area (Å²) in [5.74, 6) is -1.89. The van der Waals surface area contributed by atoms with Gasteiger partial charge in [0.2, 0.25) is 0 Å². The van der Waals surface area contributed by atoms with Gasteiger partial charge in [-0.15, -0.1) is 0 Å². The summed E-state index contributed by atoms with van der Waals surface area (Å²) in [5.41, 5.74) is 0.265. The fourth-order valence-electron chi connectivity index (χ4n) is 3.18. The summed E-state index contributed by atoms with van der Waals surface area (Å²) in [6, 6.07) is 1.85. The van der Waals surface area contributed by atoms with Crippen LogP contribution in [0.5, 0.6) is 0 Å². The van der Waals surface area contributed by atoms with Gasteiger partial charge in [0, 0.05) is 20.8 Å². The number of pyridine rings is 1. The maximum atomic E-state index is 11.8. The van der Waals surface area contributed by atoms with E-state index in [9.17, 15) is 19.6 Å². The minimum Gasteiger partial charge on any atom is -0.463 e. The molecule has 13 heteroatoms. The minimum absolute atomic E-state index is 0.00807. The molecule has 2 aromatic rings. The van der Waals surface area contributed by atoms with Crippen LogP contribution in [-0.2, 0) is 33.3 Å². The number of fused-ring (bicyclic) bond motifs is 1. The highest BCUT2D eigenvalue weighted by Gasteiger charge is 2.51. The third kappa shape index (κ3) is 4.56. The molecular weight excluding hydrogens is 455 g/mol. The van der Waals surface area contributed by atoms with Crippen LogP contribution in [0.15, 0.2) is 6.33 Å². The Bertz CT molecular complexity index is 1100. The Morgan fingerprint density at radius 2 is 1.81 bits per heavy atom. The molecule has 3 rings (SSSR count). The first-order chi connectivity index (χ1) is 14.6. The second kappa shape index (κ2) is 9.05. The summed E-state index contributed by atoms with van der Waals surface area (Å²) in [4.78, 5) is 43.0. The topological polar surface area (TPSA) is 143 Å². The summed E-state index contributed by atoms with van der Waals surface area (Å²) in [7, 11) is 0. The van der Waals surface area contributed by atoms with Gasteiger partial charge in [-0.25, -0.2) is 9.97 Å². The van der Waals surface area contributed by atoms with E-state index >= 15 is 0 Å². The summed E-state index contributed by atoms with van der Waals surface area (Å²) in [6.45, 7) is 3.30. The molecule has 0 N–H and O–H groups in total. The first kappa shape index (κ1) is 22.7. The summed E-state index contributed by atoms with van der Waals surface area (Å²) in [6.07, 6.45) is -2.95. The van der Waals surface area contributed by atoms with E-state index in [1.807, 2.05) is 6.07 Å². The van der Waals surface area contributed by atoms with E-state index in [1.165, 1.54) is 31.7 Å². The maximum absolute atomic E-state index is 11.8. The van der Waals surface area contributed by atoms with Crippen LogP contribution in [0.1, 0.15) is 32.6 Å². The molecule has 1 saturated heterocycles. The molecular formula is C18H16Cl2N4O7. The molecule has 31 heavy (non-hydrogen) atoms. The number of esters is 3. The van der Waals surface area contributed by atoms with Crippen molar-refractivity contribution in [1.82, 2.24) is 14.5 Å². The summed E-state index contributed by atoms with van der Waals surface area (Å²) < 4.78 is 23.0. The molecule has 0 saturated carbocycles. The standard InChI is InChI=1S/C18H16Cl2N4O7/c1-7(25)28-5-11-14(29-8(2)26)15(30-9(3)27)18(31-11)24-6-22-13-12(19)10(4-21)16(20)23-17(13)24/h6,11,14-15,18H,5H2,1-3H3/t11-,14-,15-,18-/m1/s1.